The Bertz CT molecular complexity index is 988. The lowest BCUT2D eigenvalue weighted by Crippen LogP contribution is -2.47. The summed E-state index contributed by atoms with van der Waals surface area (Å²) < 4.78 is 21.9. The second-order valence-electron chi connectivity index (χ2n) is 15.0. The summed E-state index contributed by atoms with van der Waals surface area (Å²) in [7, 11) is -4.92. The van der Waals surface area contributed by atoms with Crippen LogP contribution in [0.4, 0.5) is 0 Å². The summed E-state index contributed by atoms with van der Waals surface area (Å²) in [6, 6.07) is -1.82. The molecular weight excluding hydrogens is 709 g/mol. The van der Waals surface area contributed by atoms with Crippen molar-refractivity contribution >= 4 is 25.5 Å². The fourth-order valence-electron chi connectivity index (χ4n) is 6.53. The zero-order valence-electron chi connectivity index (χ0n) is 34.2. The number of carbonyl (C=O) groups excluding carboxylic acids is 3. The molecule has 0 bridgehead atoms. The van der Waals surface area contributed by atoms with Crippen LogP contribution in [-0.2, 0) is 28.4 Å². The van der Waals surface area contributed by atoms with Crippen LogP contribution in [0.3, 0.4) is 0 Å². The summed E-state index contributed by atoms with van der Waals surface area (Å²) in [5.41, 5.74) is 0. The van der Waals surface area contributed by atoms with E-state index in [2.05, 4.69) is 13.8 Å². The van der Waals surface area contributed by atoms with Gasteiger partial charge in [-0.1, -0.05) is 187 Å². The standard InChI is InChI=1S/C42H80NO10P/c1-3-5-7-9-11-13-15-17-19-21-23-25-27-29-31-33-38(46)41(39(36-45)52-42(48)37(35-44)43-54(49,50)51)53-40(47)34-32-30-28-26-24-22-20-18-16-14-12-10-8-6-4-2/h31,33,37,39,41,44-45H,3-30,32,34-36H2,1-2H3,(H3,43,49,50,51)/t37-,39-,41?/m0/s1. The quantitative estimate of drug-likeness (QED) is 0.0173. The molecule has 0 amide bonds. The molecule has 3 atom stereocenters. The largest absolute Gasteiger partial charge is 0.454 e. The Kier molecular flexibility index (Phi) is 35.9. The molecule has 0 saturated carbocycles. The number of ketones is 1. The van der Waals surface area contributed by atoms with Gasteiger partial charge in [0, 0.05) is 6.42 Å². The van der Waals surface area contributed by atoms with Crippen molar-refractivity contribution in [2.75, 3.05) is 13.2 Å². The van der Waals surface area contributed by atoms with Crippen molar-refractivity contribution in [2.24, 2.45) is 0 Å². The summed E-state index contributed by atoms with van der Waals surface area (Å²) in [4.78, 5) is 57.0. The zero-order chi connectivity index (χ0) is 40.1. The number of nitrogens with one attached hydrogen (secondary N) is 1. The maximum Gasteiger partial charge on any atom is 0.401 e. The molecule has 54 heavy (non-hydrogen) atoms. The number of rotatable bonds is 40. The van der Waals surface area contributed by atoms with Crippen LogP contribution < -0.4 is 5.09 Å². The van der Waals surface area contributed by atoms with Crippen molar-refractivity contribution in [3.05, 3.63) is 12.2 Å². The van der Waals surface area contributed by atoms with Crippen molar-refractivity contribution in [3.8, 4) is 0 Å². The van der Waals surface area contributed by atoms with Crippen LogP contribution in [0.5, 0.6) is 0 Å². The van der Waals surface area contributed by atoms with Crippen LogP contribution in [-0.4, -0.2) is 69.2 Å². The summed E-state index contributed by atoms with van der Waals surface area (Å²) in [5, 5.41) is 21.2. The molecule has 0 aliphatic heterocycles. The SMILES string of the molecule is CCCCCCCCCCCCCCCC=CC(=O)C(OC(=O)CCCCCCCCCCCCCCCCC)[C@H](CO)OC(=O)[C@H](CO)NP(=O)(O)O. The van der Waals surface area contributed by atoms with Crippen LogP contribution in [0.25, 0.3) is 0 Å². The first-order valence-electron chi connectivity index (χ1n) is 21.7. The van der Waals surface area contributed by atoms with Crippen molar-refractivity contribution in [2.45, 2.75) is 225 Å². The minimum Gasteiger partial charge on any atom is -0.454 e. The average Bonchev–Trinajstić information content (AvgIpc) is 3.14. The van der Waals surface area contributed by atoms with Crippen molar-refractivity contribution in [1.29, 1.82) is 0 Å². The highest BCUT2D eigenvalue weighted by Gasteiger charge is 2.36. The molecule has 0 saturated heterocycles. The van der Waals surface area contributed by atoms with E-state index in [-0.39, 0.29) is 6.42 Å². The maximum absolute atomic E-state index is 13.2. The van der Waals surface area contributed by atoms with Gasteiger partial charge in [-0.05, 0) is 25.3 Å². The van der Waals surface area contributed by atoms with Crippen LogP contribution in [0.1, 0.15) is 206 Å². The minimum atomic E-state index is -4.92. The van der Waals surface area contributed by atoms with Crippen molar-refractivity contribution in [1.82, 2.24) is 5.09 Å². The smallest absolute Gasteiger partial charge is 0.401 e. The molecule has 0 spiro atoms. The first-order chi connectivity index (χ1) is 26.1. The Labute approximate surface area is 328 Å². The minimum absolute atomic E-state index is 0.0514. The molecule has 0 fully saturated rings. The van der Waals surface area contributed by atoms with Gasteiger partial charge in [0.25, 0.3) is 0 Å². The van der Waals surface area contributed by atoms with E-state index >= 15 is 0 Å². The van der Waals surface area contributed by atoms with Gasteiger partial charge >= 0.3 is 19.7 Å². The van der Waals surface area contributed by atoms with Gasteiger partial charge in [-0.2, -0.15) is 0 Å². The molecule has 5 N–H and O–H groups in total. The molecule has 0 radical (unpaired) electrons. The number of hydrogen-bond donors (Lipinski definition) is 5. The van der Waals surface area contributed by atoms with Crippen molar-refractivity contribution < 1.29 is 48.4 Å². The monoisotopic (exact) mass is 790 g/mol. The molecule has 318 valence electrons. The number of allylic oxidation sites excluding steroid dienone is 1. The molecule has 1 unspecified atom stereocenters. The average molecular weight is 790 g/mol. The Morgan fingerprint density at radius 2 is 0.963 bits per heavy atom. The number of unbranched alkanes of at least 4 members (excludes halogenated alkanes) is 27. The van der Waals surface area contributed by atoms with Gasteiger partial charge in [0.15, 0.2) is 11.9 Å². The predicted octanol–water partition coefficient (Wildman–Crippen LogP) is 9.71. The van der Waals surface area contributed by atoms with Crippen LogP contribution >= 0.6 is 7.75 Å². The Hall–Kier alpha value is -1.62. The second-order valence-corrected chi connectivity index (χ2v) is 16.4. The van der Waals surface area contributed by atoms with Gasteiger partial charge in [0.05, 0.1) is 13.2 Å². The number of aliphatic hydroxyl groups excluding tert-OH is 2. The van der Waals surface area contributed by atoms with E-state index in [9.17, 15) is 29.2 Å². The van der Waals surface area contributed by atoms with Gasteiger partial charge in [-0.25, -0.2) is 9.65 Å². The number of esters is 2. The summed E-state index contributed by atoms with van der Waals surface area (Å²) in [5.74, 6) is -2.66. The molecule has 0 heterocycles. The number of carbonyl (C=O) groups is 3. The van der Waals surface area contributed by atoms with E-state index in [1.165, 1.54) is 141 Å². The number of aliphatic hydroxyl groups is 2. The van der Waals surface area contributed by atoms with Crippen molar-refractivity contribution in [3.63, 3.8) is 0 Å². The van der Waals surface area contributed by atoms with E-state index < -0.39 is 56.9 Å². The van der Waals surface area contributed by atoms with Crippen LogP contribution in [0, 0.1) is 0 Å². The maximum atomic E-state index is 13.2. The number of ether oxygens (including phenoxy) is 2. The molecule has 0 aromatic carbocycles. The topological polar surface area (TPSA) is 180 Å². The highest BCUT2D eigenvalue weighted by molar-refractivity contribution is 7.49. The normalized spacial score (nSPS) is 13.6. The highest BCUT2D eigenvalue weighted by atomic mass is 31.2. The molecule has 0 aliphatic rings. The predicted molar refractivity (Wildman–Crippen MR) is 217 cm³/mol. The first kappa shape index (κ1) is 52.4. The van der Waals surface area contributed by atoms with E-state index in [4.69, 9.17) is 19.3 Å². The lowest BCUT2D eigenvalue weighted by molar-refractivity contribution is -0.175. The third-order valence-corrected chi connectivity index (χ3v) is 10.5. The molecular formula is C42H80NO10P. The van der Waals surface area contributed by atoms with Crippen LogP contribution in [0.2, 0.25) is 0 Å². The molecule has 0 aromatic rings. The lowest BCUT2D eigenvalue weighted by Gasteiger charge is -2.26. The molecule has 12 heteroatoms. The Balaban J connectivity index is 4.74. The summed E-state index contributed by atoms with van der Waals surface area (Å²) in [6.45, 7) is 2.57. The van der Waals surface area contributed by atoms with E-state index in [0.717, 1.165) is 38.5 Å². The fraction of sp³-hybridized carbons (Fsp3) is 0.881. The fourth-order valence-corrected chi connectivity index (χ4v) is 7.12. The number of hydrogen-bond acceptors (Lipinski definition) is 8. The molecule has 0 rings (SSSR count). The van der Waals surface area contributed by atoms with Gasteiger partial charge in [0.2, 0.25) is 6.10 Å². The Morgan fingerprint density at radius 3 is 1.33 bits per heavy atom. The van der Waals surface area contributed by atoms with E-state index in [1.54, 1.807) is 11.2 Å². The van der Waals surface area contributed by atoms with Crippen LogP contribution in [0.15, 0.2) is 12.2 Å². The molecule has 11 nitrogen and oxygen atoms in total. The second kappa shape index (κ2) is 37.0. The van der Waals surface area contributed by atoms with Gasteiger partial charge in [-0.3, -0.25) is 14.4 Å². The molecule has 0 aromatic heterocycles. The van der Waals surface area contributed by atoms with Gasteiger partial charge < -0.3 is 29.5 Å². The zero-order valence-corrected chi connectivity index (χ0v) is 35.1. The van der Waals surface area contributed by atoms with Gasteiger partial charge in [-0.15, -0.1) is 0 Å². The van der Waals surface area contributed by atoms with E-state index in [1.807, 2.05) is 0 Å². The third kappa shape index (κ3) is 32.6. The Morgan fingerprint density at radius 1 is 0.574 bits per heavy atom. The van der Waals surface area contributed by atoms with Gasteiger partial charge in [0.1, 0.15) is 6.04 Å². The molecule has 0 aliphatic carbocycles. The lowest BCUT2D eigenvalue weighted by atomic mass is 10.0. The summed E-state index contributed by atoms with van der Waals surface area (Å²) >= 11 is 0. The first-order valence-corrected chi connectivity index (χ1v) is 23.4. The van der Waals surface area contributed by atoms with E-state index in [0.29, 0.717) is 12.8 Å². The summed E-state index contributed by atoms with van der Waals surface area (Å²) in [6.07, 6.45) is 34.1. The third-order valence-electron chi connectivity index (χ3n) is 9.86. The highest BCUT2D eigenvalue weighted by Crippen LogP contribution is 2.29.